The van der Waals surface area contributed by atoms with Crippen LogP contribution < -0.4 is 0 Å². The fourth-order valence-corrected chi connectivity index (χ4v) is 8.00. The molecule has 0 radical (unpaired) electrons. The van der Waals surface area contributed by atoms with Crippen molar-refractivity contribution < 1.29 is 4.42 Å². The van der Waals surface area contributed by atoms with Crippen LogP contribution in [0.15, 0.2) is 184 Å². The van der Waals surface area contributed by atoms with Crippen molar-refractivity contribution in [2.75, 3.05) is 0 Å². The van der Waals surface area contributed by atoms with E-state index in [0.717, 1.165) is 84.3 Å². The van der Waals surface area contributed by atoms with Crippen LogP contribution in [0, 0.1) is 5.92 Å². The second kappa shape index (κ2) is 12.8. The van der Waals surface area contributed by atoms with Gasteiger partial charge in [0.15, 0.2) is 5.84 Å². The van der Waals surface area contributed by atoms with Crippen molar-refractivity contribution in [1.82, 2.24) is 4.98 Å². The van der Waals surface area contributed by atoms with Crippen LogP contribution in [-0.2, 0) is 0 Å². The molecule has 9 aromatic rings. The Morgan fingerprint density at radius 2 is 1.28 bits per heavy atom. The van der Waals surface area contributed by atoms with Crippen LogP contribution >= 0.6 is 0 Å². The molecule has 0 bridgehead atoms. The minimum atomic E-state index is -0.0280. The average molecular weight is 682 g/mol. The first-order valence-electron chi connectivity index (χ1n) is 18.3. The Kier molecular flexibility index (Phi) is 7.54. The number of hydrogen-bond acceptors (Lipinski definition) is 4. The highest BCUT2D eigenvalue weighted by Crippen LogP contribution is 2.39. The van der Waals surface area contributed by atoms with Crippen molar-refractivity contribution >= 4 is 55.2 Å². The van der Waals surface area contributed by atoms with Crippen LogP contribution in [0.5, 0.6) is 0 Å². The summed E-state index contributed by atoms with van der Waals surface area (Å²) in [5, 5.41) is 5.73. The lowest BCUT2D eigenvalue weighted by Crippen LogP contribution is -2.28. The summed E-state index contributed by atoms with van der Waals surface area (Å²) in [6.45, 7) is 2.23. The molecule has 0 amide bonds. The summed E-state index contributed by atoms with van der Waals surface area (Å²) in [4.78, 5) is 15.6. The van der Waals surface area contributed by atoms with Gasteiger partial charge in [-0.15, -0.1) is 0 Å². The quantitative estimate of drug-likeness (QED) is 0.175. The van der Waals surface area contributed by atoms with E-state index in [0.29, 0.717) is 0 Å². The number of aliphatic imine (C=N–C) groups is 2. The summed E-state index contributed by atoms with van der Waals surface area (Å²) >= 11 is 0. The third-order valence-electron chi connectivity index (χ3n) is 10.7. The maximum Gasteiger partial charge on any atom is 0.155 e. The number of fused-ring (bicyclic) bond motifs is 5. The minimum absolute atomic E-state index is 0.0280. The number of aromatic nitrogens is 1. The minimum Gasteiger partial charge on any atom is -0.456 e. The van der Waals surface area contributed by atoms with Crippen molar-refractivity contribution in [2.24, 2.45) is 15.9 Å². The molecule has 1 aliphatic heterocycles. The Morgan fingerprint density at radius 3 is 2.15 bits per heavy atom. The standard InChI is InChI=1S/C49H35N3O/c1-2-38-47(32-13-5-3-6-14-32)51-49(33-15-7-4-8-16-33)52-48(38)37-20-24-41-42-29-35(23-27-45(42)53-46(41)30-37)34-21-25-43-36(28-34)22-26-44(50-43)40-19-11-17-31-12-9-10-18-39(31)40/h3-30,38,47H,2H2,1H3. The predicted octanol–water partition coefficient (Wildman–Crippen LogP) is 12.6. The van der Waals surface area contributed by atoms with Gasteiger partial charge in [-0.05, 0) is 76.3 Å². The summed E-state index contributed by atoms with van der Waals surface area (Å²) < 4.78 is 6.53. The van der Waals surface area contributed by atoms with Gasteiger partial charge in [-0.1, -0.05) is 134 Å². The van der Waals surface area contributed by atoms with Crippen molar-refractivity contribution in [1.29, 1.82) is 0 Å². The van der Waals surface area contributed by atoms with E-state index >= 15 is 0 Å². The zero-order chi connectivity index (χ0) is 35.3. The van der Waals surface area contributed by atoms with E-state index in [2.05, 4.69) is 159 Å². The molecule has 2 unspecified atom stereocenters. The van der Waals surface area contributed by atoms with E-state index < -0.39 is 0 Å². The summed E-state index contributed by atoms with van der Waals surface area (Å²) in [5.41, 5.74) is 11.5. The number of hydrogen-bond donors (Lipinski definition) is 0. The number of pyridine rings is 1. The van der Waals surface area contributed by atoms with Crippen molar-refractivity contribution in [3.63, 3.8) is 0 Å². The molecular weight excluding hydrogens is 647 g/mol. The normalized spacial score (nSPS) is 15.9. The predicted molar refractivity (Wildman–Crippen MR) is 220 cm³/mol. The van der Waals surface area contributed by atoms with E-state index in [1.54, 1.807) is 0 Å². The molecule has 0 saturated heterocycles. The molecule has 10 rings (SSSR count). The second-order valence-electron chi connectivity index (χ2n) is 13.8. The van der Waals surface area contributed by atoms with Crippen LogP contribution in [0.4, 0.5) is 0 Å². The number of nitrogens with zero attached hydrogens (tertiary/aromatic N) is 3. The van der Waals surface area contributed by atoms with Gasteiger partial charge in [0.05, 0.1) is 23.0 Å². The Hall–Kier alpha value is -6.65. The lowest BCUT2D eigenvalue weighted by atomic mass is 9.83. The topological polar surface area (TPSA) is 50.8 Å². The number of furan rings is 1. The molecule has 252 valence electrons. The smallest absolute Gasteiger partial charge is 0.155 e. The van der Waals surface area contributed by atoms with Gasteiger partial charge in [-0.2, -0.15) is 0 Å². The summed E-state index contributed by atoms with van der Waals surface area (Å²) in [6, 6.07) is 59.7. The fraction of sp³-hybridized carbons (Fsp3) is 0.0816. The van der Waals surface area contributed by atoms with Gasteiger partial charge in [0.1, 0.15) is 11.2 Å². The molecule has 0 aliphatic carbocycles. The van der Waals surface area contributed by atoms with Gasteiger partial charge in [-0.25, -0.2) is 9.98 Å². The van der Waals surface area contributed by atoms with E-state index in [9.17, 15) is 0 Å². The molecule has 2 aromatic heterocycles. The maximum absolute atomic E-state index is 6.53. The first-order chi connectivity index (χ1) is 26.2. The van der Waals surface area contributed by atoms with Crippen molar-refractivity contribution in [2.45, 2.75) is 19.4 Å². The summed E-state index contributed by atoms with van der Waals surface area (Å²) in [6.07, 6.45) is 0.914. The molecule has 7 aromatic carbocycles. The largest absolute Gasteiger partial charge is 0.456 e. The molecule has 4 heteroatoms. The monoisotopic (exact) mass is 681 g/mol. The molecule has 3 heterocycles. The maximum atomic E-state index is 6.53. The molecule has 0 N–H and O–H groups in total. The molecule has 53 heavy (non-hydrogen) atoms. The van der Waals surface area contributed by atoms with Gasteiger partial charge >= 0.3 is 0 Å². The van der Waals surface area contributed by atoms with Crippen LogP contribution in [0.25, 0.3) is 66.0 Å². The lowest BCUT2D eigenvalue weighted by molar-refractivity contribution is 0.532. The van der Waals surface area contributed by atoms with Crippen LogP contribution in [0.3, 0.4) is 0 Å². The van der Waals surface area contributed by atoms with Gasteiger partial charge < -0.3 is 4.42 Å². The molecule has 0 spiro atoms. The highest BCUT2D eigenvalue weighted by Gasteiger charge is 2.32. The third-order valence-corrected chi connectivity index (χ3v) is 10.7. The number of rotatable bonds is 6. The molecule has 2 atom stereocenters. The molecule has 1 aliphatic rings. The van der Waals surface area contributed by atoms with Crippen LogP contribution in [0.1, 0.15) is 36.1 Å². The number of amidine groups is 1. The van der Waals surface area contributed by atoms with Gasteiger partial charge in [-0.3, -0.25) is 4.99 Å². The van der Waals surface area contributed by atoms with E-state index in [4.69, 9.17) is 19.4 Å². The highest BCUT2D eigenvalue weighted by molar-refractivity contribution is 6.17. The third kappa shape index (κ3) is 5.51. The van der Waals surface area contributed by atoms with E-state index in [1.807, 2.05) is 18.2 Å². The summed E-state index contributed by atoms with van der Waals surface area (Å²) in [7, 11) is 0. The highest BCUT2D eigenvalue weighted by atomic mass is 16.3. The Labute approximate surface area is 307 Å². The first kappa shape index (κ1) is 31.1. The summed E-state index contributed by atoms with van der Waals surface area (Å²) in [5.74, 6) is 0.896. The molecular formula is C49H35N3O. The lowest BCUT2D eigenvalue weighted by Gasteiger charge is -2.29. The average Bonchev–Trinajstić information content (AvgIpc) is 3.60. The van der Waals surface area contributed by atoms with Gasteiger partial charge in [0.25, 0.3) is 0 Å². The number of benzene rings is 7. The fourth-order valence-electron chi connectivity index (χ4n) is 8.00. The van der Waals surface area contributed by atoms with Crippen molar-refractivity contribution in [3.05, 3.63) is 187 Å². The van der Waals surface area contributed by atoms with Gasteiger partial charge in [0, 0.05) is 38.8 Å². The molecule has 0 fully saturated rings. The zero-order valence-electron chi connectivity index (χ0n) is 29.3. The van der Waals surface area contributed by atoms with Crippen LogP contribution in [-0.4, -0.2) is 16.5 Å². The Bertz CT molecular complexity index is 2880. The Morgan fingerprint density at radius 1 is 0.528 bits per heavy atom. The SMILES string of the molecule is CCC1C(c2ccc3c(c2)oc2ccc(-c4ccc5nc(-c6cccc7ccccc67)ccc5c4)cc23)=NC(c2ccccc2)=NC1c1ccccc1. The molecule has 4 nitrogen and oxygen atoms in total. The van der Waals surface area contributed by atoms with Gasteiger partial charge in [0.2, 0.25) is 0 Å². The second-order valence-corrected chi connectivity index (χ2v) is 13.8. The van der Waals surface area contributed by atoms with E-state index in [-0.39, 0.29) is 12.0 Å². The zero-order valence-corrected chi connectivity index (χ0v) is 29.3. The van der Waals surface area contributed by atoms with Crippen molar-refractivity contribution in [3.8, 4) is 22.4 Å². The van der Waals surface area contributed by atoms with E-state index in [1.165, 1.54) is 16.3 Å². The first-order valence-corrected chi connectivity index (χ1v) is 18.3. The van der Waals surface area contributed by atoms with Crippen LogP contribution in [0.2, 0.25) is 0 Å². The molecule has 0 saturated carbocycles. The Balaban J connectivity index is 1.01.